The molecule has 1 aliphatic carbocycles. The number of rotatable bonds is 3. The number of carbonyl (C=O) groups is 1. The van der Waals surface area contributed by atoms with E-state index < -0.39 is 0 Å². The van der Waals surface area contributed by atoms with Gasteiger partial charge < -0.3 is 10.3 Å². The summed E-state index contributed by atoms with van der Waals surface area (Å²) in [6.07, 6.45) is 3.67. The summed E-state index contributed by atoms with van der Waals surface area (Å²) in [5, 5.41) is 2.82. The molecule has 0 aromatic carbocycles. The quantitative estimate of drug-likeness (QED) is 0.726. The summed E-state index contributed by atoms with van der Waals surface area (Å²) in [5.41, 5.74) is 0.187. The number of nitrogens with one attached hydrogen (secondary N) is 2. The lowest BCUT2D eigenvalue weighted by molar-refractivity contribution is -0.120. The van der Waals surface area contributed by atoms with E-state index in [1.165, 1.54) is 6.20 Å². The van der Waals surface area contributed by atoms with Crippen molar-refractivity contribution in [2.24, 2.45) is 0 Å². The third kappa shape index (κ3) is 2.65. The summed E-state index contributed by atoms with van der Waals surface area (Å²) < 4.78 is 0. The van der Waals surface area contributed by atoms with Gasteiger partial charge in [-0.2, -0.15) is 0 Å². The molecule has 0 saturated heterocycles. The number of amides is 1. The molecule has 0 unspecified atom stereocenters. The molecule has 1 aliphatic rings. The molecule has 1 aromatic rings. The Bertz CT molecular complexity index is 435. The van der Waals surface area contributed by atoms with Crippen molar-refractivity contribution < 1.29 is 4.79 Å². The molecule has 0 radical (unpaired) electrons. The van der Waals surface area contributed by atoms with Crippen molar-refractivity contribution in [3.8, 4) is 0 Å². The standard InChI is InChI=1S/C10H13N3O2/c1-6-11-5-7(10(15)12-6)4-9(14)13-8-2-3-8/h5,8H,2-4H2,1H3,(H,13,14)(H,11,12,15). The Kier molecular flexibility index (Phi) is 2.53. The number of nitrogens with zero attached hydrogens (tertiary/aromatic N) is 1. The van der Waals surface area contributed by atoms with E-state index in [-0.39, 0.29) is 17.9 Å². The normalized spacial score (nSPS) is 15.0. The van der Waals surface area contributed by atoms with Crippen molar-refractivity contribution in [2.75, 3.05) is 0 Å². The minimum Gasteiger partial charge on any atom is -0.353 e. The van der Waals surface area contributed by atoms with Gasteiger partial charge in [0.2, 0.25) is 5.91 Å². The Balaban J connectivity index is 2.03. The molecule has 1 fully saturated rings. The highest BCUT2D eigenvalue weighted by Gasteiger charge is 2.23. The zero-order chi connectivity index (χ0) is 10.8. The van der Waals surface area contributed by atoms with Crippen LogP contribution in [0.15, 0.2) is 11.0 Å². The Morgan fingerprint density at radius 2 is 2.40 bits per heavy atom. The maximum absolute atomic E-state index is 11.4. The van der Waals surface area contributed by atoms with Crippen molar-refractivity contribution in [1.82, 2.24) is 15.3 Å². The van der Waals surface area contributed by atoms with Crippen LogP contribution in [0.25, 0.3) is 0 Å². The van der Waals surface area contributed by atoms with Gasteiger partial charge in [0.15, 0.2) is 0 Å². The molecule has 1 aromatic heterocycles. The Morgan fingerprint density at radius 3 is 3.00 bits per heavy atom. The lowest BCUT2D eigenvalue weighted by Gasteiger charge is -2.02. The summed E-state index contributed by atoms with van der Waals surface area (Å²) in [4.78, 5) is 29.3. The van der Waals surface area contributed by atoms with Crippen LogP contribution in [0.1, 0.15) is 24.2 Å². The predicted molar refractivity (Wildman–Crippen MR) is 54.5 cm³/mol. The van der Waals surface area contributed by atoms with Crippen LogP contribution < -0.4 is 10.9 Å². The molecule has 1 saturated carbocycles. The third-order valence-corrected chi connectivity index (χ3v) is 2.29. The number of aromatic amines is 1. The Hall–Kier alpha value is -1.65. The van der Waals surface area contributed by atoms with Crippen LogP contribution >= 0.6 is 0 Å². The first-order valence-electron chi connectivity index (χ1n) is 4.99. The highest BCUT2D eigenvalue weighted by atomic mass is 16.2. The number of carbonyl (C=O) groups excluding carboxylic acids is 1. The van der Waals surface area contributed by atoms with Gasteiger partial charge in [-0.05, 0) is 19.8 Å². The highest BCUT2D eigenvalue weighted by molar-refractivity contribution is 5.78. The second kappa shape index (κ2) is 3.84. The van der Waals surface area contributed by atoms with E-state index in [0.29, 0.717) is 17.4 Å². The predicted octanol–water partition coefficient (Wildman–Crippen LogP) is -0.101. The van der Waals surface area contributed by atoms with E-state index in [1.807, 2.05) is 0 Å². The van der Waals surface area contributed by atoms with E-state index in [4.69, 9.17) is 0 Å². The van der Waals surface area contributed by atoms with Crippen molar-refractivity contribution in [1.29, 1.82) is 0 Å². The zero-order valence-corrected chi connectivity index (χ0v) is 8.54. The monoisotopic (exact) mass is 207 g/mol. The molecular weight excluding hydrogens is 194 g/mol. The average Bonchev–Trinajstić information content (AvgIpc) is 2.94. The van der Waals surface area contributed by atoms with Gasteiger partial charge in [0.1, 0.15) is 5.82 Å². The fourth-order valence-electron chi connectivity index (χ4n) is 1.32. The topological polar surface area (TPSA) is 74.8 Å². The SMILES string of the molecule is Cc1ncc(CC(=O)NC2CC2)c(=O)[nH]1. The van der Waals surface area contributed by atoms with E-state index in [2.05, 4.69) is 15.3 Å². The molecule has 2 rings (SSSR count). The van der Waals surface area contributed by atoms with Crippen molar-refractivity contribution in [3.63, 3.8) is 0 Å². The molecule has 5 nitrogen and oxygen atoms in total. The van der Waals surface area contributed by atoms with Crippen LogP contribution in [0.3, 0.4) is 0 Å². The van der Waals surface area contributed by atoms with Crippen molar-refractivity contribution in [2.45, 2.75) is 32.2 Å². The van der Waals surface area contributed by atoms with Gasteiger partial charge in [-0.3, -0.25) is 9.59 Å². The van der Waals surface area contributed by atoms with Gasteiger partial charge in [-0.25, -0.2) is 4.98 Å². The largest absolute Gasteiger partial charge is 0.353 e. The molecular formula is C10H13N3O2. The smallest absolute Gasteiger partial charge is 0.254 e. The fraction of sp³-hybridized carbons (Fsp3) is 0.500. The van der Waals surface area contributed by atoms with Gasteiger partial charge in [0.05, 0.1) is 6.42 Å². The summed E-state index contributed by atoms with van der Waals surface area (Å²) in [7, 11) is 0. The lowest BCUT2D eigenvalue weighted by atomic mass is 10.2. The Labute approximate surface area is 86.9 Å². The van der Waals surface area contributed by atoms with E-state index in [9.17, 15) is 9.59 Å². The molecule has 1 heterocycles. The molecule has 0 aliphatic heterocycles. The molecule has 2 N–H and O–H groups in total. The van der Waals surface area contributed by atoms with Crippen LogP contribution in [-0.2, 0) is 11.2 Å². The van der Waals surface area contributed by atoms with Crippen molar-refractivity contribution >= 4 is 5.91 Å². The van der Waals surface area contributed by atoms with E-state index >= 15 is 0 Å². The summed E-state index contributed by atoms with van der Waals surface area (Å²) >= 11 is 0. The molecule has 0 atom stereocenters. The first-order chi connectivity index (χ1) is 7.15. The van der Waals surface area contributed by atoms with Crippen LogP contribution in [-0.4, -0.2) is 21.9 Å². The van der Waals surface area contributed by atoms with E-state index in [1.54, 1.807) is 6.92 Å². The van der Waals surface area contributed by atoms with Gasteiger partial charge in [-0.15, -0.1) is 0 Å². The van der Waals surface area contributed by atoms with Gasteiger partial charge >= 0.3 is 0 Å². The van der Waals surface area contributed by atoms with Crippen LogP contribution in [0.4, 0.5) is 0 Å². The average molecular weight is 207 g/mol. The van der Waals surface area contributed by atoms with Crippen LogP contribution in [0.2, 0.25) is 0 Å². The van der Waals surface area contributed by atoms with Gasteiger partial charge in [0, 0.05) is 17.8 Å². The number of H-pyrrole nitrogens is 1. The minimum absolute atomic E-state index is 0.103. The summed E-state index contributed by atoms with van der Waals surface area (Å²) in [6.45, 7) is 1.70. The second-order valence-corrected chi connectivity index (χ2v) is 3.84. The molecule has 0 spiro atoms. The number of hydrogen-bond acceptors (Lipinski definition) is 3. The number of aromatic nitrogens is 2. The highest BCUT2D eigenvalue weighted by Crippen LogP contribution is 2.18. The van der Waals surface area contributed by atoms with E-state index in [0.717, 1.165) is 12.8 Å². The fourth-order valence-corrected chi connectivity index (χ4v) is 1.32. The first-order valence-corrected chi connectivity index (χ1v) is 4.99. The van der Waals surface area contributed by atoms with Crippen LogP contribution in [0.5, 0.6) is 0 Å². The molecule has 0 bridgehead atoms. The van der Waals surface area contributed by atoms with Gasteiger partial charge in [-0.1, -0.05) is 0 Å². The van der Waals surface area contributed by atoms with Crippen molar-refractivity contribution in [3.05, 3.63) is 27.9 Å². The summed E-state index contributed by atoms with van der Waals surface area (Å²) in [5.74, 6) is 0.458. The third-order valence-electron chi connectivity index (χ3n) is 2.29. The summed E-state index contributed by atoms with van der Waals surface area (Å²) in [6, 6.07) is 0.329. The number of aryl methyl sites for hydroxylation is 1. The Morgan fingerprint density at radius 1 is 1.67 bits per heavy atom. The molecule has 1 amide bonds. The van der Waals surface area contributed by atoms with Gasteiger partial charge in [0.25, 0.3) is 5.56 Å². The molecule has 80 valence electrons. The lowest BCUT2D eigenvalue weighted by Crippen LogP contribution is -2.29. The minimum atomic E-state index is -0.228. The maximum Gasteiger partial charge on any atom is 0.254 e. The molecule has 5 heteroatoms. The molecule has 15 heavy (non-hydrogen) atoms. The zero-order valence-electron chi connectivity index (χ0n) is 8.54. The second-order valence-electron chi connectivity index (χ2n) is 3.84. The number of hydrogen-bond donors (Lipinski definition) is 2. The van der Waals surface area contributed by atoms with Crippen LogP contribution in [0, 0.1) is 6.92 Å². The first kappa shape index (κ1) is 9.89. The maximum atomic E-state index is 11.4.